The normalized spacial score (nSPS) is 17.8. The zero-order chi connectivity index (χ0) is 17.9. The van der Waals surface area contributed by atoms with Crippen LogP contribution in [0.2, 0.25) is 0 Å². The highest BCUT2D eigenvalue weighted by atomic mass is 16.2. The minimum absolute atomic E-state index is 0.131. The average molecular weight is 352 g/mol. The van der Waals surface area contributed by atoms with Crippen molar-refractivity contribution in [1.82, 2.24) is 14.7 Å². The van der Waals surface area contributed by atoms with Crippen LogP contribution in [0.15, 0.2) is 36.5 Å². The Bertz CT molecular complexity index is 790. The molecule has 2 fully saturated rings. The van der Waals surface area contributed by atoms with Gasteiger partial charge in [0.05, 0.1) is 12.2 Å². The lowest BCUT2D eigenvalue weighted by Gasteiger charge is -2.16. The maximum Gasteiger partial charge on any atom is 0.256 e. The summed E-state index contributed by atoms with van der Waals surface area (Å²) in [6, 6.07) is 9.73. The van der Waals surface area contributed by atoms with E-state index >= 15 is 0 Å². The highest BCUT2D eigenvalue weighted by molar-refractivity contribution is 6.03. The summed E-state index contributed by atoms with van der Waals surface area (Å²) in [5.41, 5.74) is 1.66. The summed E-state index contributed by atoms with van der Waals surface area (Å²) in [6.07, 6.45) is 8.01. The van der Waals surface area contributed by atoms with Gasteiger partial charge in [-0.15, -0.1) is 0 Å². The summed E-state index contributed by atoms with van der Waals surface area (Å²) in [7, 11) is 0. The molecule has 1 aromatic heterocycles. The van der Waals surface area contributed by atoms with Crippen molar-refractivity contribution in [2.24, 2.45) is 0 Å². The van der Waals surface area contributed by atoms with Gasteiger partial charge in [0.25, 0.3) is 5.91 Å². The number of rotatable bonds is 5. The number of carbonyl (C=O) groups is 2. The first-order valence-electron chi connectivity index (χ1n) is 9.42. The van der Waals surface area contributed by atoms with Gasteiger partial charge in [0.1, 0.15) is 5.82 Å². The summed E-state index contributed by atoms with van der Waals surface area (Å²) in [4.78, 5) is 26.2. The number of nitrogens with zero attached hydrogens (tertiary/aromatic N) is 3. The summed E-state index contributed by atoms with van der Waals surface area (Å²) in [5.74, 6) is 0.842. The van der Waals surface area contributed by atoms with Crippen molar-refractivity contribution in [2.75, 3.05) is 11.9 Å². The third kappa shape index (κ3) is 3.49. The Kier molecular flexibility index (Phi) is 4.73. The highest BCUT2D eigenvalue weighted by Crippen LogP contribution is 2.31. The molecule has 136 valence electrons. The second-order valence-electron chi connectivity index (χ2n) is 7.17. The average Bonchev–Trinajstić information content (AvgIpc) is 3.38. The molecule has 2 heterocycles. The lowest BCUT2D eigenvalue weighted by molar-refractivity contribution is -0.128. The van der Waals surface area contributed by atoms with E-state index in [1.54, 1.807) is 6.20 Å². The van der Waals surface area contributed by atoms with E-state index in [0.717, 1.165) is 37.2 Å². The van der Waals surface area contributed by atoms with Crippen LogP contribution < -0.4 is 5.32 Å². The van der Waals surface area contributed by atoms with E-state index < -0.39 is 0 Å². The predicted octanol–water partition coefficient (Wildman–Crippen LogP) is 3.37. The second kappa shape index (κ2) is 7.32. The Morgan fingerprint density at radius 2 is 1.88 bits per heavy atom. The van der Waals surface area contributed by atoms with Crippen molar-refractivity contribution in [3.05, 3.63) is 47.7 Å². The molecular weight excluding hydrogens is 328 g/mol. The van der Waals surface area contributed by atoms with Crippen molar-refractivity contribution in [3.8, 4) is 0 Å². The SMILES string of the molecule is O=C(Nc1ccnn1C1CCCC1)c1ccc(CN2CCCC2=O)cc1. The molecule has 2 amide bonds. The van der Waals surface area contributed by atoms with Gasteiger partial charge < -0.3 is 10.2 Å². The molecule has 1 saturated heterocycles. The molecule has 6 nitrogen and oxygen atoms in total. The molecule has 0 bridgehead atoms. The Labute approximate surface area is 153 Å². The minimum atomic E-state index is -0.131. The molecule has 1 aromatic carbocycles. The Hall–Kier alpha value is -2.63. The molecule has 2 aliphatic rings. The van der Waals surface area contributed by atoms with Gasteiger partial charge in [0, 0.05) is 31.1 Å². The van der Waals surface area contributed by atoms with Gasteiger partial charge in [-0.25, -0.2) is 4.68 Å². The van der Waals surface area contributed by atoms with Crippen LogP contribution in [-0.4, -0.2) is 33.0 Å². The van der Waals surface area contributed by atoms with Crippen LogP contribution in [0.3, 0.4) is 0 Å². The van der Waals surface area contributed by atoms with Gasteiger partial charge in [0.2, 0.25) is 5.91 Å². The third-order valence-electron chi connectivity index (χ3n) is 5.34. The van der Waals surface area contributed by atoms with Gasteiger partial charge in [-0.05, 0) is 37.0 Å². The van der Waals surface area contributed by atoms with Crippen molar-refractivity contribution in [3.63, 3.8) is 0 Å². The fourth-order valence-corrected chi connectivity index (χ4v) is 3.89. The molecule has 0 radical (unpaired) electrons. The van der Waals surface area contributed by atoms with E-state index in [9.17, 15) is 9.59 Å². The van der Waals surface area contributed by atoms with Crippen LogP contribution in [0.5, 0.6) is 0 Å². The zero-order valence-electron chi connectivity index (χ0n) is 14.9. The number of carbonyl (C=O) groups excluding carboxylic acids is 2. The molecule has 1 aliphatic heterocycles. The fourth-order valence-electron chi connectivity index (χ4n) is 3.89. The third-order valence-corrected chi connectivity index (χ3v) is 5.34. The Balaban J connectivity index is 1.41. The maximum absolute atomic E-state index is 12.6. The molecule has 1 saturated carbocycles. The molecule has 1 N–H and O–H groups in total. The van der Waals surface area contributed by atoms with E-state index in [0.29, 0.717) is 24.6 Å². The standard InChI is InChI=1S/C20H24N4O2/c25-19-6-3-13-23(19)14-15-7-9-16(10-8-15)20(26)22-18-11-12-21-24(18)17-4-1-2-5-17/h7-12,17H,1-6,13-14H2,(H,22,26). The minimum Gasteiger partial charge on any atom is -0.338 e. The van der Waals surface area contributed by atoms with E-state index in [1.807, 2.05) is 39.9 Å². The van der Waals surface area contributed by atoms with Crippen molar-refractivity contribution < 1.29 is 9.59 Å². The molecule has 26 heavy (non-hydrogen) atoms. The van der Waals surface area contributed by atoms with E-state index in [4.69, 9.17) is 0 Å². The predicted molar refractivity (Wildman–Crippen MR) is 98.8 cm³/mol. The number of anilines is 1. The quantitative estimate of drug-likeness (QED) is 0.897. The molecule has 0 atom stereocenters. The van der Waals surface area contributed by atoms with E-state index in [2.05, 4.69) is 10.4 Å². The molecule has 0 spiro atoms. The molecule has 0 unspecified atom stereocenters. The smallest absolute Gasteiger partial charge is 0.256 e. The van der Waals surface area contributed by atoms with Gasteiger partial charge in [0.15, 0.2) is 0 Å². The number of benzene rings is 1. The molecule has 2 aromatic rings. The number of hydrogen-bond acceptors (Lipinski definition) is 3. The zero-order valence-corrected chi connectivity index (χ0v) is 14.9. The Morgan fingerprint density at radius 3 is 2.58 bits per heavy atom. The van der Waals surface area contributed by atoms with Crippen LogP contribution in [-0.2, 0) is 11.3 Å². The number of nitrogens with one attached hydrogen (secondary N) is 1. The monoisotopic (exact) mass is 352 g/mol. The molecular formula is C20H24N4O2. The first kappa shape index (κ1) is 16.8. The number of hydrogen-bond donors (Lipinski definition) is 1. The first-order chi connectivity index (χ1) is 12.7. The fraction of sp³-hybridized carbons (Fsp3) is 0.450. The summed E-state index contributed by atoms with van der Waals surface area (Å²) in [6.45, 7) is 1.45. The van der Waals surface area contributed by atoms with Crippen molar-refractivity contribution in [1.29, 1.82) is 0 Å². The molecule has 4 rings (SSSR count). The Morgan fingerprint density at radius 1 is 1.12 bits per heavy atom. The number of amides is 2. The van der Waals surface area contributed by atoms with Gasteiger partial charge >= 0.3 is 0 Å². The summed E-state index contributed by atoms with van der Waals surface area (Å²) in [5, 5.41) is 7.37. The first-order valence-corrected chi connectivity index (χ1v) is 9.42. The van der Waals surface area contributed by atoms with Crippen LogP contribution in [0, 0.1) is 0 Å². The van der Waals surface area contributed by atoms with Gasteiger partial charge in [-0.2, -0.15) is 5.10 Å². The maximum atomic E-state index is 12.6. The largest absolute Gasteiger partial charge is 0.338 e. The van der Waals surface area contributed by atoms with E-state index in [1.165, 1.54) is 12.8 Å². The molecule has 6 heteroatoms. The van der Waals surface area contributed by atoms with Crippen molar-refractivity contribution >= 4 is 17.6 Å². The van der Waals surface area contributed by atoms with Gasteiger partial charge in [-0.1, -0.05) is 25.0 Å². The molecule has 1 aliphatic carbocycles. The van der Waals surface area contributed by atoms with Crippen LogP contribution in [0.25, 0.3) is 0 Å². The van der Waals surface area contributed by atoms with Crippen LogP contribution in [0.1, 0.15) is 60.5 Å². The highest BCUT2D eigenvalue weighted by Gasteiger charge is 2.21. The summed E-state index contributed by atoms with van der Waals surface area (Å²) >= 11 is 0. The lowest BCUT2D eigenvalue weighted by atomic mass is 10.1. The van der Waals surface area contributed by atoms with Crippen LogP contribution in [0.4, 0.5) is 5.82 Å². The number of likely N-dealkylation sites (tertiary alicyclic amines) is 1. The number of aromatic nitrogens is 2. The van der Waals surface area contributed by atoms with Gasteiger partial charge in [-0.3, -0.25) is 9.59 Å². The lowest BCUT2D eigenvalue weighted by Crippen LogP contribution is -2.23. The van der Waals surface area contributed by atoms with Crippen molar-refractivity contribution in [2.45, 2.75) is 51.1 Å². The topological polar surface area (TPSA) is 67.2 Å². The summed E-state index contributed by atoms with van der Waals surface area (Å²) < 4.78 is 1.94. The van der Waals surface area contributed by atoms with Crippen LogP contribution >= 0.6 is 0 Å². The van der Waals surface area contributed by atoms with E-state index in [-0.39, 0.29) is 11.8 Å². The second-order valence-corrected chi connectivity index (χ2v) is 7.17.